The maximum Gasteiger partial charge on any atom is 0.241 e. The molecule has 0 saturated heterocycles. The van der Waals surface area contributed by atoms with Crippen LogP contribution in [0.4, 0.5) is 23.5 Å². The predicted octanol–water partition coefficient (Wildman–Crippen LogP) is 5.71. The molecular formula is C36H45N9O3S. The third-order valence-electron chi connectivity index (χ3n) is 7.94. The Kier molecular flexibility index (Phi) is 12.5. The summed E-state index contributed by atoms with van der Waals surface area (Å²) >= 11 is 0. The van der Waals surface area contributed by atoms with Crippen molar-refractivity contribution in [3.63, 3.8) is 0 Å². The number of pyridine rings is 1. The van der Waals surface area contributed by atoms with Crippen molar-refractivity contribution in [2.24, 2.45) is 0 Å². The summed E-state index contributed by atoms with van der Waals surface area (Å²) in [4.78, 5) is 20.4. The maximum absolute atomic E-state index is 13.2. The molecule has 0 radical (unpaired) electrons. The van der Waals surface area contributed by atoms with E-state index in [1.165, 1.54) is 0 Å². The van der Waals surface area contributed by atoms with E-state index in [1.54, 1.807) is 25.4 Å². The van der Waals surface area contributed by atoms with Crippen molar-refractivity contribution >= 4 is 44.3 Å². The Morgan fingerprint density at radius 3 is 2.06 bits per heavy atom. The number of anilines is 4. The van der Waals surface area contributed by atoms with Gasteiger partial charge in [0.2, 0.25) is 27.9 Å². The lowest BCUT2D eigenvalue weighted by Crippen LogP contribution is -2.25. The first-order chi connectivity index (χ1) is 23.8. The minimum atomic E-state index is -3.64. The molecule has 5 aromatic rings. The molecule has 12 nitrogen and oxygen atoms in total. The summed E-state index contributed by atoms with van der Waals surface area (Å²) in [5.41, 5.74) is 3.04. The Morgan fingerprint density at radius 1 is 0.694 bits per heavy atom. The SMILES string of the molecule is COc1ccc(CNc2nc(NCCCCCCNS(=O)(=O)c3cccc4c(N(C)C)cccc34)nc(NCCc3ccccn3)n2)cc1. The number of hydrogen-bond donors (Lipinski definition) is 4. The van der Waals surface area contributed by atoms with Crippen molar-refractivity contribution in [2.45, 2.75) is 43.5 Å². The van der Waals surface area contributed by atoms with Crippen molar-refractivity contribution < 1.29 is 13.2 Å². The highest BCUT2D eigenvalue weighted by atomic mass is 32.2. The molecule has 0 unspecified atom stereocenters. The Balaban J connectivity index is 1.09. The Morgan fingerprint density at radius 2 is 1.37 bits per heavy atom. The van der Waals surface area contributed by atoms with Crippen LogP contribution in [0.25, 0.3) is 10.8 Å². The number of ether oxygens (including phenoxy) is 1. The van der Waals surface area contributed by atoms with Crippen molar-refractivity contribution in [3.8, 4) is 5.75 Å². The molecule has 49 heavy (non-hydrogen) atoms. The molecule has 2 aromatic heterocycles. The number of hydrogen-bond acceptors (Lipinski definition) is 11. The van der Waals surface area contributed by atoms with Gasteiger partial charge in [0.15, 0.2) is 0 Å². The summed E-state index contributed by atoms with van der Waals surface area (Å²) in [6.45, 7) is 2.22. The van der Waals surface area contributed by atoms with Crippen molar-refractivity contribution in [2.75, 3.05) is 61.7 Å². The molecule has 0 amide bonds. The van der Waals surface area contributed by atoms with Gasteiger partial charge >= 0.3 is 0 Å². The first-order valence-electron chi connectivity index (χ1n) is 16.5. The van der Waals surface area contributed by atoms with Gasteiger partial charge in [-0.3, -0.25) is 4.98 Å². The van der Waals surface area contributed by atoms with E-state index in [0.717, 1.165) is 65.6 Å². The molecule has 0 bridgehead atoms. The molecule has 0 fully saturated rings. The van der Waals surface area contributed by atoms with Gasteiger partial charge in [0.05, 0.1) is 12.0 Å². The fourth-order valence-electron chi connectivity index (χ4n) is 5.36. The zero-order valence-corrected chi connectivity index (χ0v) is 29.1. The lowest BCUT2D eigenvalue weighted by atomic mass is 10.1. The number of rotatable bonds is 19. The second kappa shape index (κ2) is 17.4. The number of fused-ring (bicyclic) bond motifs is 1. The Bertz CT molecular complexity index is 1890. The van der Waals surface area contributed by atoms with Crippen LogP contribution in [0, 0.1) is 0 Å². The molecule has 0 aliphatic carbocycles. The van der Waals surface area contributed by atoms with Crippen LogP contribution in [0.2, 0.25) is 0 Å². The van der Waals surface area contributed by atoms with E-state index in [9.17, 15) is 8.42 Å². The van der Waals surface area contributed by atoms with Gasteiger partial charge in [0.25, 0.3) is 0 Å². The van der Waals surface area contributed by atoms with E-state index in [0.29, 0.717) is 48.9 Å². The average Bonchev–Trinajstić information content (AvgIpc) is 3.12. The van der Waals surface area contributed by atoms with E-state index < -0.39 is 10.0 Å². The number of nitrogens with zero attached hydrogens (tertiary/aromatic N) is 5. The van der Waals surface area contributed by atoms with Crippen molar-refractivity contribution in [3.05, 3.63) is 96.3 Å². The van der Waals surface area contributed by atoms with E-state index >= 15 is 0 Å². The minimum absolute atomic E-state index is 0.304. The van der Waals surface area contributed by atoms with Crippen LogP contribution < -0.4 is 30.3 Å². The van der Waals surface area contributed by atoms with E-state index in [2.05, 4.69) is 40.6 Å². The molecule has 0 atom stereocenters. The quantitative estimate of drug-likeness (QED) is 0.0794. The topological polar surface area (TPSA) is 146 Å². The van der Waals surface area contributed by atoms with E-state index in [-0.39, 0.29) is 0 Å². The van der Waals surface area contributed by atoms with Crippen LogP contribution in [0.1, 0.15) is 36.9 Å². The van der Waals surface area contributed by atoms with E-state index in [4.69, 9.17) is 4.74 Å². The zero-order valence-electron chi connectivity index (χ0n) is 28.3. The first kappa shape index (κ1) is 35.3. The number of sulfonamides is 1. The smallest absolute Gasteiger partial charge is 0.241 e. The summed E-state index contributed by atoms with van der Waals surface area (Å²) in [6, 6.07) is 24.8. The summed E-state index contributed by atoms with van der Waals surface area (Å²) in [7, 11) is 1.91. The van der Waals surface area contributed by atoms with Gasteiger partial charge in [0.1, 0.15) is 5.75 Å². The fraction of sp³-hybridized carbons (Fsp3) is 0.333. The van der Waals surface area contributed by atoms with Crippen molar-refractivity contribution in [1.29, 1.82) is 0 Å². The first-order valence-corrected chi connectivity index (χ1v) is 18.0. The van der Waals surface area contributed by atoms with Gasteiger partial charge < -0.3 is 25.6 Å². The molecule has 0 aliphatic rings. The summed E-state index contributed by atoms with van der Waals surface area (Å²) < 4.78 is 34.4. The molecule has 4 N–H and O–H groups in total. The Labute approximate surface area is 288 Å². The highest BCUT2D eigenvalue weighted by molar-refractivity contribution is 7.89. The van der Waals surface area contributed by atoms with Crippen LogP contribution in [0.15, 0.2) is 90.0 Å². The summed E-state index contributed by atoms with van der Waals surface area (Å²) in [5, 5.41) is 11.6. The lowest BCUT2D eigenvalue weighted by Gasteiger charge is -2.17. The van der Waals surface area contributed by atoms with Crippen LogP contribution in [0.3, 0.4) is 0 Å². The van der Waals surface area contributed by atoms with Gasteiger partial charge in [-0.25, -0.2) is 13.1 Å². The molecule has 2 heterocycles. The van der Waals surface area contributed by atoms with Gasteiger partial charge in [-0.2, -0.15) is 15.0 Å². The highest BCUT2D eigenvalue weighted by Crippen LogP contribution is 2.30. The molecule has 0 spiro atoms. The monoisotopic (exact) mass is 683 g/mol. The number of nitrogens with one attached hydrogen (secondary N) is 4. The van der Waals surface area contributed by atoms with Crippen LogP contribution in [-0.2, 0) is 23.0 Å². The lowest BCUT2D eigenvalue weighted by molar-refractivity contribution is 0.414. The maximum atomic E-state index is 13.2. The Hall–Kier alpha value is -5.01. The van der Waals surface area contributed by atoms with Crippen LogP contribution >= 0.6 is 0 Å². The van der Waals surface area contributed by atoms with Gasteiger partial charge in [-0.1, -0.05) is 55.3 Å². The fourth-order valence-corrected chi connectivity index (χ4v) is 6.66. The van der Waals surface area contributed by atoms with Crippen molar-refractivity contribution in [1.82, 2.24) is 24.7 Å². The summed E-state index contributed by atoms with van der Waals surface area (Å²) in [6.07, 6.45) is 5.95. The predicted molar refractivity (Wildman–Crippen MR) is 197 cm³/mol. The average molecular weight is 684 g/mol. The number of methoxy groups -OCH3 is 1. The number of aromatic nitrogens is 4. The van der Waals surface area contributed by atoms with Crippen LogP contribution in [0.5, 0.6) is 5.75 Å². The van der Waals surface area contributed by atoms with E-state index in [1.807, 2.05) is 85.7 Å². The standard InChI is InChI=1S/C36H45N9O3S/c1-45(2)32-15-10-14-31-30(32)13-11-16-33(31)49(46,47)41-24-8-5-4-7-23-38-34-42-35(39-25-21-28-12-6-9-22-37-28)44-36(43-34)40-26-27-17-19-29(48-3)20-18-27/h6,9-20,22,41H,4-5,7-8,21,23-26H2,1-3H3,(H3,38,39,40,42,43,44). The third kappa shape index (κ3) is 10.2. The second-order valence-electron chi connectivity index (χ2n) is 11.8. The zero-order chi connectivity index (χ0) is 34.5. The number of benzene rings is 3. The van der Waals surface area contributed by atoms with Gasteiger partial charge in [-0.15, -0.1) is 0 Å². The van der Waals surface area contributed by atoms with Gasteiger partial charge in [-0.05, 0) is 54.8 Å². The highest BCUT2D eigenvalue weighted by Gasteiger charge is 2.18. The normalized spacial score (nSPS) is 11.3. The molecular weight excluding hydrogens is 639 g/mol. The number of unbranched alkanes of at least 4 members (excludes halogenated alkanes) is 3. The summed E-state index contributed by atoms with van der Waals surface area (Å²) in [5.74, 6) is 2.22. The van der Waals surface area contributed by atoms with Crippen LogP contribution in [-0.4, -0.2) is 69.2 Å². The molecule has 3 aromatic carbocycles. The molecule has 0 saturated carbocycles. The molecule has 13 heteroatoms. The third-order valence-corrected chi connectivity index (χ3v) is 9.46. The minimum Gasteiger partial charge on any atom is -0.497 e. The van der Waals surface area contributed by atoms with Gasteiger partial charge in [0, 0.05) is 75.0 Å². The molecule has 5 rings (SSSR count). The molecule has 0 aliphatic heterocycles. The molecule has 258 valence electrons. The largest absolute Gasteiger partial charge is 0.497 e. The second-order valence-corrected chi connectivity index (χ2v) is 13.5.